The van der Waals surface area contributed by atoms with Gasteiger partial charge in [-0.2, -0.15) is 0 Å². The van der Waals surface area contributed by atoms with Gasteiger partial charge in [0, 0.05) is 23.5 Å². The third kappa shape index (κ3) is 2.53. The third-order valence-electron chi connectivity index (χ3n) is 1.98. The van der Waals surface area contributed by atoms with E-state index in [-0.39, 0.29) is 5.69 Å². The van der Waals surface area contributed by atoms with Gasteiger partial charge in [-0.25, -0.2) is 9.89 Å². The molecular formula is C9H9BrN4OS. The van der Waals surface area contributed by atoms with Gasteiger partial charge < -0.3 is 0 Å². The molecule has 0 unspecified atom stereocenters. The van der Waals surface area contributed by atoms with Gasteiger partial charge in [-0.1, -0.05) is 11.8 Å². The van der Waals surface area contributed by atoms with Crippen LogP contribution in [0.25, 0.3) is 0 Å². The average molecular weight is 301 g/mol. The molecule has 2 aromatic heterocycles. The molecule has 2 rings (SSSR count). The molecule has 84 valence electrons. The monoisotopic (exact) mass is 300 g/mol. The van der Waals surface area contributed by atoms with Gasteiger partial charge in [-0.15, -0.1) is 5.10 Å². The third-order valence-corrected chi connectivity index (χ3v) is 3.51. The van der Waals surface area contributed by atoms with Crippen molar-refractivity contribution < 1.29 is 0 Å². The number of hydrogen-bond acceptors (Lipinski definition) is 4. The molecule has 0 amide bonds. The van der Waals surface area contributed by atoms with Crippen LogP contribution in [0.5, 0.6) is 0 Å². The fourth-order valence-electron chi connectivity index (χ4n) is 1.09. The van der Waals surface area contributed by atoms with Crippen LogP contribution in [0.15, 0.2) is 32.8 Å². The maximum Gasteiger partial charge on any atom is 0.343 e. The summed E-state index contributed by atoms with van der Waals surface area (Å²) in [5.74, 6) is 0.686. The molecule has 0 aromatic carbocycles. The summed E-state index contributed by atoms with van der Waals surface area (Å²) in [4.78, 5) is 15.3. The van der Waals surface area contributed by atoms with Crippen molar-refractivity contribution in [2.24, 2.45) is 7.05 Å². The first kappa shape index (κ1) is 11.4. The zero-order chi connectivity index (χ0) is 11.5. The fraction of sp³-hybridized carbons (Fsp3) is 0.222. The molecule has 0 spiro atoms. The summed E-state index contributed by atoms with van der Waals surface area (Å²) in [5.41, 5.74) is 0.745. The van der Waals surface area contributed by atoms with Crippen molar-refractivity contribution >= 4 is 27.7 Å². The first-order valence-electron chi connectivity index (χ1n) is 4.51. The Balaban J connectivity index is 2.05. The van der Waals surface area contributed by atoms with Crippen LogP contribution in [-0.2, 0) is 12.8 Å². The molecule has 0 aliphatic heterocycles. The second kappa shape index (κ2) is 4.84. The highest BCUT2D eigenvalue weighted by Crippen LogP contribution is 2.18. The molecule has 1 N–H and O–H groups in total. The van der Waals surface area contributed by atoms with Crippen molar-refractivity contribution in [2.75, 3.05) is 0 Å². The number of nitrogens with one attached hydrogen (secondary N) is 1. The van der Waals surface area contributed by atoms with Crippen molar-refractivity contribution in [1.82, 2.24) is 19.7 Å². The molecule has 0 fully saturated rings. The summed E-state index contributed by atoms with van der Waals surface area (Å²) >= 11 is 4.79. The number of nitrogens with zero attached hydrogens (tertiary/aromatic N) is 3. The summed E-state index contributed by atoms with van der Waals surface area (Å²) in [5, 5.41) is 6.95. The van der Waals surface area contributed by atoms with E-state index in [1.807, 2.05) is 12.1 Å². The van der Waals surface area contributed by atoms with E-state index in [0.717, 1.165) is 10.2 Å². The lowest BCUT2D eigenvalue weighted by Crippen LogP contribution is -2.12. The number of pyridine rings is 1. The lowest BCUT2D eigenvalue weighted by atomic mass is 10.4. The van der Waals surface area contributed by atoms with Gasteiger partial charge in [0.05, 0.1) is 5.69 Å². The molecule has 7 heteroatoms. The molecule has 0 bridgehead atoms. The maximum absolute atomic E-state index is 11.1. The smallest absolute Gasteiger partial charge is 0.273 e. The fourth-order valence-corrected chi connectivity index (χ4v) is 2.16. The first-order chi connectivity index (χ1) is 7.66. The van der Waals surface area contributed by atoms with Crippen LogP contribution in [0.4, 0.5) is 0 Å². The summed E-state index contributed by atoms with van der Waals surface area (Å²) < 4.78 is 2.43. The van der Waals surface area contributed by atoms with Gasteiger partial charge in [0.2, 0.25) is 0 Å². The Morgan fingerprint density at radius 1 is 1.56 bits per heavy atom. The minimum absolute atomic E-state index is 0.203. The zero-order valence-electron chi connectivity index (χ0n) is 8.48. The van der Waals surface area contributed by atoms with E-state index in [9.17, 15) is 4.79 Å². The molecule has 0 aliphatic carbocycles. The number of thioether (sulfide) groups is 1. The molecule has 5 nitrogen and oxygen atoms in total. The Labute approximate surface area is 104 Å². The largest absolute Gasteiger partial charge is 0.343 e. The molecule has 0 atom stereocenters. The van der Waals surface area contributed by atoms with Crippen molar-refractivity contribution in [2.45, 2.75) is 10.9 Å². The molecule has 16 heavy (non-hydrogen) atoms. The quantitative estimate of drug-likeness (QED) is 0.874. The van der Waals surface area contributed by atoms with Gasteiger partial charge in [0.25, 0.3) is 0 Å². The van der Waals surface area contributed by atoms with E-state index in [2.05, 4.69) is 31.1 Å². The molecular weight excluding hydrogens is 292 g/mol. The number of H-pyrrole nitrogens is 1. The van der Waals surface area contributed by atoms with Gasteiger partial charge >= 0.3 is 5.69 Å². The number of hydrogen-bond donors (Lipinski definition) is 1. The highest BCUT2D eigenvalue weighted by Gasteiger charge is 2.05. The number of aromatic amines is 1. The highest BCUT2D eigenvalue weighted by atomic mass is 79.9. The van der Waals surface area contributed by atoms with E-state index >= 15 is 0 Å². The number of rotatable bonds is 3. The van der Waals surface area contributed by atoms with Gasteiger partial charge in [-0.3, -0.25) is 9.55 Å². The van der Waals surface area contributed by atoms with Gasteiger partial charge in [0.15, 0.2) is 5.16 Å². The van der Waals surface area contributed by atoms with Gasteiger partial charge in [0.1, 0.15) is 0 Å². The SMILES string of the molecule is Cn1c(SCc2ccc(Br)cn2)n[nH]c1=O. The number of aromatic nitrogens is 4. The lowest BCUT2D eigenvalue weighted by molar-refractivity contribution is 0.765. The molecule has 0 aliphatic rings. The van der Waals surface area contributed by atoms with E-state index < -0.39 is 0 Å². The summed E-state index contributed by atoms with van der Waals surface area (Å²) in [6, 6.07) is 3.87. The average Bonchev–Trinajstić information content (AvgIpc) is 2.60. The van der Waals surface area contributed by atoms with Gasteiger partial charge in [-0.05, 0) is 28.1 Å². The van der Waals surface area contributed by atoms with Crippen molar-refractivity contribution in [3.05, 3.63) is 39.0 Å². The van der Waals surface area contributed by atoms with Crippen LogP contribution in [0.3, 0.4) is 0 Å². The van der Waals surface area contributed by atoms with E-state index in [1.54, 1.807) is 13.2 Å². The van der Waals surface area contributed by atoms with E-state index in [1.165, 1.54) is 16.3 Å². The van der Waals surface area contributed by atoms with Crippen LogP contribution >= 0.6 is 27.7 Å². The van der Waals surface area contributed by atoms with E-state index in [0.29, 0.717) is 10.9 Å². The molecule has 0 saturated carbocycles. The van der Waals surface area contributed by atoms with Crippen molar-refractivity contribution in [1.29, 1.82) is 0 Å². The van der Waals surface area contributed by atoms with Crippen molar-refractivity contribution in [3.8, 4) is 0 Å². The van der Waals surface area contributed by atoms with Crippen LogP contribution in [0.2, 0.25) is 0 Å². The highest BCUT2D eigenvalue weighted by molar-refractivity contribution is 9.10. The van der Waals surface area contributed by atoms with E-state index in [4.69, 9.17) is 0 Å². The summed E-state index contributed by atoms with van der Waals surface area (Å²) in [7, 11) is 1.68. The Bertz CT molecular complexity index is 533. The second-order valence-electron chi connectivity index (χ2n) is 3.13. The summed E-state index contributed by atoms with van der Waals surface area (Å²) in [6.45, 7) is 0. The number of halogens is 1. The Morgan fingerprint density at radius 3 is 2.94 bits per heavy atom. The molecule has 2 aromatic rings. The van der Waals surface area contributed by atoms with Crippen LogP contribution in [0.1, 0.15) is 5.69 Å². The van der Waals surface area contributed by atoms with Crippen LogP contribution in [-0.4, -0.2) is 19.7 Å². The minimum atomic E-state index is -0.203. The molecule has 0 saturated heterocycles. The Kier molecular flexibility index (Phi) is 3.45. The zero-order valence-corrected chi connectivity index (χ0v) is 10.9. The standard InChI is InChI=1S/C9H9BrN4OS/c1-14-8(15)12-13-9(14)16-5-7-3-2-6(10)4-11-7/h2-4H,5H2,1H3,(H,12,15). The van der Waals surface area contributed by atoms with Crippen molar-refractivity contribution in [3.63, 3.8) is 0 Å². The predicted octanol–water partition coefficient (Wildman–Crippen LogP) is 1.56. The molecule has 0 radical (unpaired) electrons. The second-order valence-corrected chi connectivity index (χ2v) is 4.98. The summed E-state index contributed by atoms with van der Waals surface area (Å²) in [6.07, 6.45) is 1.75. The molecule has 2 heterocycles. The maximum atomic E-state index is 11.1. The minimum Gasteiger partial charge on any atom is -0.273 e. The van der Waals surface area contributed by atoms with Crippen LogP contribution in [0, 0.1) is 0 Å². The van der Waals surface area contributed by atoms with Crippen LogP contribution < -0.4 is 5.69 Å². The Morgan fingerprint density at radius 2 is 2.38 bits per heavy atom. The Hall–Kier alpha value is -1.08. The predicted molar refractivity (Wildman–Crippen MR) is 65.3 cm³/mol. The first-order valence-corrected chi connectivity index (χ1v) is 6.29. The lowest BCUT2D eigenvalue weighted by Gasteiger charge is -1.99. The normalized spacial score (nSPS) is 10.6. The topological polar surface area (TPSA) is 63.6 Å².